The van der Waals surface area contributed by atoms with Crippen LogP contribution < -0.4 is 5.32 Å². The number of hydrogen-bond donors (Lipinski definition) is 2. The number of rotatable bonds is 3. The first-order chi connectivity index (χ1) is 8.56. The molecule has 5 heteroatoms. The van der Waals surface area contributed by atoms with Gasteiger partial charge in [-0.3, -0.25) is 4.79 Å². The molecular formula is C13H15ClINO2. The van der Waals surface area contributed by atoms with Gasteiger partial charge in [0.15, 0.2) is 0 Å². The third-order valence-corrected chi connectivity index (χ3v) is 4.55. The van der Waals surface area contributed by atoms with Crippen LogP contribution in [-0.4, -0.2) is 22.9 Å². The van der Waals surface area contributed by atoms with Crippen molar-refractivity contribution < 1.29 is 9.90 Å². The number of carbonyl (C=O) groups is 1. The van der Waals surface area contributed by atoms with Crippen LogP contribution >= 0.6 is 34.2 Å². The monoisotopic (exact) mass is 379 g/mol. The van der Waals surface area contributed by atoms with Crippen LogP contribution in [-0.2, 0) is 0 Å². The van der Waals surface area contributed by atoms with Crippen LogP contribution in [0.25, 0.3) is 0 Å². The summed E-state index contributed by atoms with van der Waals surface area (Å²) in [6.07, 6.45) is 3.08. The van der Waals surface area contributed by atoms with E-state index >= 15 is 0 Å². The second-order valence-electron chi connectivity index (χ2n) is 4.65. The summed E-state index contributed by atoms with van der Waals surface area (Å²) in [5.74, 6) is 0.485. The molecule has 2 unspecified atom stereocenters. The Labute approximate surface area is 125 Å². The predicted molar refractivity (Wildman–Crippen MR) is 80.1 cm³/mol. The summed E-state index contributed by atoms with van der Waals surface area (Å²) >= 11 is 8.05. The summed E-state index contributed by atoms with van der Waals surface area (Å²) in [6, 6.07) is 4.95. The van der Waals surface area contributed by atoms with Gasteiger partial charge in [0.25, 0.3) is 5.91 Å². The van der Waals surface area contributed by atoms with E-state index in [9.17, 15) is 9.90 Å². The second kappa shape index (κ2) is 6.10. The number of carbonyl (C=O) groups excluding carboxylic acids is 1. The van der Waals surface area contributed by atoms with Crippen molar-refractivity contribution in [2.75, 3.05) is 6.54 Å². The van der Waals surface area contributed by atoms with Crippen LogP contribution in [0.2, 0.25) is 0 Å². The van der Waals surface area contributed by atoms with Gasteiger partial charge in [0.2, 0.25) is 0 Å². The van der Waals surface area contributed by atoms with Gasteiger partial charge in [-0.1, -0.05) is 0 Å². The number of alkyl halides is 1. The molecule has 0 aliphatic heterocycles. The summed E-state index contributed by atoms with van der Waals surface area (Å²) in [5, 5.41) is 12.7. The maximum atomic E-state index is 11.9. The van der Waals surface area contributed by atoms with Gasteiger partial charge < -0.3 is 10.4 Å². The lowest BCUT2D eigenvalue weighted by molar-refractivity contribution is 0.0947. The van der Waals surface area contributed by atoms with Gasteiger partial charge in [-0.05, 0) is 66.0 Å². The summed E-state index contributed by atoms with van der Waals surface area (Å²) < 4.78 is 0.741. The number of amides is 1. The van der Waals surface area contributed by atoms with Crippen molar-refractivity contribution in [3.05, 3.63) is 27.3 Å². The zero-order valence-corrected chi connectivity index (χ0v) is 12.7. The van der Waals surface area contributed by atoms with E-state index in [4.69, 9.17) is 11.6 Å². The van der Waals surface area contributed by atoms with Crippen molar-refractivity contribution in [3.8, 4) is 5.75 Å². The van der Waals surface area contributed by atoms with Crippen LogP contribution in [0.5, 0.6) is 5.75 Å². The van der Waals surface area contributed by atoms with E-state index < -0.39 is 0 Å². The van der Waals surface area contributed by atoms with Crippen molar-refractivity contribution in [2.24, 2.45) is 5.92 Å². The maximum Gasteiger partial charge on any atom is 0.251 e. The fourth-order valence-corrected chi connectivity index (χ4v) is 2.91. The lowest BCUT2D eigenvalue weighted by Crippen LogP contribution is -2.28. The lowest BCUT2D eigenvalue weighted by atomic mass is 10.1. The molecule has 1 aromatic carbocycles. The van der Waals surface area contributed by atoms with Gasteiger partial charge in [0.05, 0.1) is 3.57 Å². The normalized spacial score (nSPS) is 23.0. The number of phenols is 1. The van der Waals surface area contributed by atoms with Crippen LogP contribution in [0.4, 0.5) is 0 Å². The molecule has 3 nitrogen and oxygen atoms in total. The molecule has 0 heterocycles. The maximum absolute atomic E-state index is 11.9. The molecule has 1 aliphatic carbocycles. The summed E-state index contributed by atoms with van der Waals surface area (Å²) in [4.78, 5) is 11.9. The lowest BCUT2D eigenvalue weighted by Gasteiger charge is -2.11. The van der Waals surface area contributed by atoms with Gasteiger partial charge >= 0.3 is 0 Å². The van der Waals surface area contributed by atoms with Gasteiger partial charge in [-0.2, -0.15) is 0 Å². The first-order valence-corrected chi connectivity index (χ1v) is 7.48. The van der Waals surface area contributed by atoms with Crippen molar-refractivity contribution in [1.82, 2.24) is 5.32 Å². The zero-order chi connectivity index (χ0) is 13.1. The third-order valence-electron chi connectivity index (χ3n) is 3.24. The average molecular weight is 380 g/mol. The fourth-order valence-electron chi connectivity index (χ4n) is 2.19. The van der Waals surface area contributed by atoms with E-state index in [0.29, 0.717) is 18.0 Å². The van der Waals surface area contributed by atoms with E-state index in [-0.39, 0.29) is 17.0 Å². The van der Waals surface area contributed by atoms with Crippen molar-refractivity contribution >= 4 is 40.1 Å². The van der Waals surface area contributed by atoms with E-state index in [1.807, 2.05) is 22.6 Å². The van der Waals surface area contributed by atoms with Gasteiger partial charge in [0, 0.05) is 17.5 Å². The molecule has 1 amide bonds. The molecule has 98 valence electrons. The fraction of sp³-hybridized carbons (Fsp3) is 0.462. The third kappa shape index (κ3) is 3.51. The first kappa shape index (κ1) is 13.9. The minimum absolute atomic E-state index is 0.139. The molecular weight excluding hydrogens is 365 g/mol. The van der Waals surface area contributed by atoms with Crippen molar-refractivity contribution in [1.29, 1.82) is 0 Å². The molecule has 1 fully saturated rings. The largest absolute Gasteiger partial charge is 0.507 e. The summed E-state index contributed by atoms with van der Waals surface area (Å²) in [5.41, 5.74) is 0.494. The van der Waals surface area contributed by atoms with Crippen LogP contribution in [0.15, 0.2) is 18.2 Å². The topological polar surface area (TPSA) is 49.3 Å². The molecule has 1 saturated carbocycles. The highest BCUT2D eigenvalue weighted by atomic mass is 127. The molecule has 0 bridgehead atoms. The quantitative estimate of drug-likeness (QED) is 0.626. The highest BCUT2D eigenvalue weighted by Gasteiger charge is 2.23. The number of nitrogens with one attached hydrogen (secondary N) is 1. The number of benzene rings is 1. The molecule has 0 saturated heterocycles. The van der Waals surface area contributed by atoms with E-state index in [1.54, 1.807) is 12.1 Å². The summed E-state index contributed by atoms with van der Waals surface area (Å²) in [6.45, 7) is 0.662. The Hall–Kier alpha value is -0.490. The molecule has 1 aliphatic rings. The average Bonchev–Trinajstić information content (AvgIpc) is 2.75. The van der Waals surface area contributed by atoms with Crippen molar-refractivity contribution in [2.45, 2.75) is 24.6 Å². The zero-order valence-electron chi connectivity index (χ0n) is 9.83. The minimum Gasteiger partial charge on any atom is -0.507 e. The Balaban J connectivity index is 1.89. The van der Waals surface area contributed by atoms with Crippen LogP contribution in [0, 0.1) is 9.49 Å². The molecule has 2 N–H and O–H groups in total. The highest BCUT2D eigenvalue weighted by molar-refractivity contribution is 14.1. The van der Waals surface area contributed by atoms with Crippen LogP contribution in [0.3, 0.4) is 0 Å². The SMILES string of the molecule is O=C(NCC1CCC(Cl)C1)c1ccc(I)c(O)c1. The molecule has 1 aromatic rings. The Morgan fingerprint density at radius 3 is 2.89 bits per heavy atom. The second-order valence-corrected chi connectivity index (χ2v) is 6.43. The van der Waals surface area contributed by atoms with Gasteiger partial charge in [-0.25, -0.2) is 0 Å². The Morgan fingerprint density at radius 2 is 2.28 bits per heavy atom. The number of phenolic OH excluding ortho intramolecular Hbond substituents is 1. The Kier molecular flexibility index (Phi) is 4.72. The van der Waals surface area contributed by atoms with E-state index in [1.165, 1.54) is 6.07 Å². The molecule has 0 aromatic heterocycles. The molecule has 0 radical (unpaired) electrons. The minimum atomic E-state index is -0.139. The van der Waals surface area contributed by atoms with E-state index in [2.05, 4.69) is 5.32 Å². The highest BCUT2D eigenvalue weighted by Crippen LogP contribution is 2.28. The molecule has 2 atom stereocenters. The number of hydrogen-bond acceptors (Lipinski definition) is 2. The number of halogens is 2. The van der Waals surface area contributed by atoms with Gasteiger partial charge in [0.1, 0.15) is 5.75 Å². The van der Waals surface area contributed by atoms with Gasteiger partial charge in [-0.15, -0.1) is 11.6 Å². The number of aromatic hydroxyl groups is 1. The predicted octanol–water partition coefficient (Wildman–Crippen LogP) is 3.13. The first-order valence-electron chi connectivity index (χ1n) is 5.97. The van der Waals surface area contributed by atoms with Crippen LogP contribution in [0.1, 0.15) is 29.6 Å². The van der Waals surface area contributed by atoms with E-state index in [0.717, 1.165) is 22.8 Å². The Morgan fingerprint density at radius 1 is 1.50 bits per heavy atom. The molecule has 0 spiro atoms. The molecule has 18 heavy (non-hydrogen) atoms. The summed E-state index contributed by atoms with van der Waals surface area (Å²) in [7, 11) is 0. The van der Waals surface area contributed by atoms with Crippen molar-refractivity contribution in [3.63, 3.8) is 0 Å². The molecule has 2 rings (SSSR count). The smallest absolute Gasteiger partial charge is 0.251 e. The standard InChI is InChI=1S/C13H15ClINO2/c14-10-3-1-8(5-10)7-16-13(18)9-2-4-11(15)12(17)6-9/h2,4,6,8,10,17H,1,3,5,7H2,(H,16,18). The Bertz CT molecular complexity index is 453.